The number of morpholine rings is 1. The van der Waals surface area contributed by atoms with Gasteiger partial charge in [-0.3, -0.25) is 4.90 Å². The molecule has 5 heteroatoms. The maximum absolute atomic E-state index is 13.4. The van der Waals surface area contributed by atoms with Gasteiger partial charge in [-0.1, -0.05) is 13.8 Å². The number of hydrogen-bond donors (Lipinski definition) is 0. The molecule has 1 unspecified atom stereocenters. The van der Waals surface area contributed by atoms with E-state index in [1.54, 1.807) is 0 Å². The number of ether oxygens (including phenoxy) is 2. The first-order chi connectivity index (χ1) is 8.60. The lowest BCUT2D eigenvalue weighted by atomic mass is 10.1. The van der Waals surface area contributed by atoms with E-state index in [0.29, 0.717) is 26.4 Å². The fourth-order valence-corrected chi connectivity index (χ4v) is 2.24. The quantitative estimate of drug-likeness (QED) is 0.762. The van der Waals surface area contributed by atoms with Crippen LogP contribution in [-0.2, 0) is 9.47 Å². The van der Waals surface area contributed by atoms with Gasteiger partial charge in [0.1, 0.15) is 0 Å². The van der Waals surface area contributed by atoms with E-state index in [-0.39, 0.29) is 13.0 Å². The number of alkyl halides is 2. The van der Waals surface area contributed by atoms with Crippen LogP contribution < -0.4 is 0 Å². The Morgan fingerprint density at radius 3 is 2.22 bits per heavy atom. The first-order valence-corrected chi connectivity index (χ1v) is 6.85. The largest absolute Gasteiger partial charge is 0.381 e. The Kier molecular flexibility index (Phi) is 5.95. The average Bonchev–Trinajstić information content (AvgIpc) is 2.92. The van der Waals surface area contributed by atoms with Crippen molar-refractivity contribution < 1.29 is 18.3 Å². The Labute approximate surface area is 108 Å². The lowest BCUT2D eigenvalue weighted by Gasteiger charge is -2.30. The van der Waals surface area contributed by atoms with Crippen LogP contribution in [0.15, 0.2) is 0 Å². The van der Waals surface area contributed by atoms with Crippen molar-refractivity contribution in [1.82, 2.24) is 4.90 Å². The molecular weight excluding hydrogens is 240 g/mol. The Morgan fingerprint density at radius 2 is 1.78 bits per heavy atom. The van der Waals surface area contributed by atoms with Crippen LogP contribution in [0, 0.1) is 5.41 Å². The molecule has 1 aliphatic carbocycles. The minimum atomic E-state index is -2.54. The van der Waals surface area contributed by atoms with Gasteiger partial charge in [0.25, 0.3) is 5.92 Å². The Morgan fingerprint density at radius 1 is 1.22 bits per heavy atom. The van der Waals surface area contributed by atoms with Gasteiger partial charge < -0.3 is 9.47 Å². The summed E-state index contributed by atoms with van der Waals surface area (Å²) in [5, 5.41) is 0. The first-order valence-electron chi connectivity index (χ1n) is 6.85. The van der Waals surface area contributed by atoms with Gasteiger partial charge in [0, 0.05) is 32.7 Å². The van der Waals surface area contributed by atoms with Crippen molar-refractivity contribution in [2.24, 2.45) is 5.41 Å². The normalized spacial score (nSPS) is 30.5. The summed E-state index contributed by atoms with van der Waals surface area (Å²) < 4.78 is 37.2. The van der Waals surface area contributed by atoms with Crippen molar-refractivity contribution in [3.63, 3.8) is 0 Å². The smallest absolute Gasteiger partial charge is 0.258 e. The number of hydrogen-bond acceptors (Lipinski definition) is 3. The summed E-state index contributed by atoms with van der Waals surface area (Å²) in [6, 6.07) is 0. The predicted octanol–water partition coefficient (Wildman–Crippen LogP) is 2.41. The molecule has 3 nitrogen and oxygen atoms in total. The second kappa shape index (κ2) is 6.78. The number of rotatable bonds is 5. The molecule has 1 saturated heterocycles. The molecule has 0 spiro atoms. The van der Waals surface area contributed by atoms with Crippen molar-refractivity contribution in [3.05, 3.63) is 0 Å². The number of nitrogens with zero attached hydrogens (tertiary/aromatic N) is 1. The molecule has 1 saturated carbocycles. The summed E-state index contributed by atoms with van der Waals surface area (Å²) in [7, 11) is 0. The third kappa shape index (κ3) is 3.62. The van der Waals surface area contributed by atoms with Gasteiger partial charge in [-0.15, -0.1) is 0 Å². The highest BCUT2D eigenvalue weighted by molar-refractivity contribution is 5.11. The van der Waals surface area contributed by atoms with Crippen LogP contribution in [0.2, 0.25) is 0 Å². The second-order valence-electron chi connectivity index (χ2n) is 4.69. The van der Waals surface area contributed by atoms with Crippen molar-refractivity contribution in [2.75, 3.05) is 46.1 Å². The van der Waals surface area contributed by atoms with Crippen LogP contribution in [0.1, 0.15) is 27.2 Å². The van der Waals surface area contributed by atoms with Crippen LogP contribution in [0.3, 0.4) is 0 Å². The molecule has 0 aromatic rings. The lowest BCUT2D eigenvalue weighted by molar-refractivity contribution is -0.0260. The van der Waals surface area contributed by atoms with Gasteiger partial charge in [0.05, 0.1) is 25.2 Å². The van der Waals surface area contributed by atoms with Gasteiger partial charge in [0.2, 0.25) is 0 Å². The van der Waals surface area contributed by atoms with E-state index in [2.05, 4.69) is 4.90 Å². The summed E-state index contributed by atoms with van der Waals surface area (Å²) in [6.45, 7) is 9.75. The maximum atomic E-state index is 13.4. The summed E-state index contributed by atoms with van der Waals surface area (Å²) in [5.74, 6) is -2.54. The number of halogens is 2. The topological polar surface area (TPSA) is 21.7 Å². The van der Waals surface area contributed by atoms with E-state index in [0.717, 1.165) is 13.1 Å². The molecule has 1 aliphatic heterocycles. The summed E-state index contributed by atoms with van der Waals surface area (Å²) >= 11 is 0. The average molecular weight is 265 g/mol. The van der Waals surface area contributed by atoms with Crippen molar-refractivity contribution >= 4 is 0 Å². The molecule has 2 fully saturated rings. The zero-order chi connectivity index (χ0) is 13.6. The van der Waals surface area contributed by atoms with Crippen LogP contribution in [-0.4, -0.2) is 56.9 Å². The Hall–Kier alpha value is -0.260. The first kappa shape index (κ1) is 15.8. The molecule has 0 aromatic heterocycles. The monoisotopic (exact) mass is 265 g/mol. The van der Waals surface area contributed by atoms with E-state index in [1.807, 2.05) is 20.8 Å². The van der Waals surface area contributed by atoms with E-state index < -0.39 is 11.3 Å². The van der Waals surface area contributed by atoms with Gasteiger partial charge in [-0.2, -0.15) is 0 Å². The molecular formula is C13H25F2NO2. The van der Waals surface area contributed by atoms with E-state index in [4.69, 9.17) is 9.47 Å². The molecule has 1 heterocycles. The molecule has 2 aliphatic rings. The van der Waals surface area contributed by atoms with Crippen molar-refractivity contribution in [3.8, 4) is 0 Å². The van der Waals surface area contributed by atoms with Crippen LogP contribution >= 0.6 is 0 Å². The predicted molar refractivity (Wildman–Crippen MR) is 67.1 cm³/mol. The van der Waals surface area contributed by atoms with Gasteiger partial charge in [0.15, 0.2) is 0 Å². The minimum absolute atomic E-state index is 0.0304. The molecule has 0 aromatic carbocycles. The lowest BCUT2D eigenvalue weighted by Crippen LogP contribution is -2.42. The van der Waals surface area contributed by atoms with Gasteiger partial charge in [-0.25, -0.2) is 8.78 Å². The van der Waals surface area contributed by atoms with Crippen LogP contribution in [0.25, 0.3) is 0 Å². The summed E-state index contributed by atoms with van der Waals surface area (Å²) in [4.78, 5) is 2.06. The van der Waals surface area contributed by atoms with E-state index in [9.17, 15) is 8.78 Å². The van der Waals surface area contributed by atoms with E-state index in [1.165, 1.54) is 0 Å². The second-order valence-corrected chi connectivity index (χ2v) is 4.69. The molecule has 1 atom stereocenters. The standard InChI is InChI=1S/C11H19F2NO2.C2H6/c1-2-15-9-10(7-11(10,12)13)8-14-3-5-16-6-4-14;1-2/h2-9H2,1H3;1-2H3. The molecule has 2 rings (SSSR count). The molecule has 0 amide bonds. The fraction of sp³-hybridized carbons (Fsp3) is 1.00. The third-order valence-corrected chi connectivity index (χ3v) is 3.42. The summed E-state index contributed by atoms with van der Waals surface area (Å²) in [6.07, 6.45) is -0.0304. The van der Waals surface area contributed by atoms with Gasteiger partial charge >= 0.3 is 0 Å². The summed E-state index contributed by atoms with van der Waals surface area (Å²) in [5.41, 5.74) is -0.930. The van der Waals surface area contributed by atoms with E-state index >= 15 is 0 Å². The Balaban J connectivity index is 0.000000771. The third-order valence-electron chi connectivity index (χ3n) is 3.42. The molecule has 0 radical (unpaired) electrons. The highest BCUT2D eigenvalue weighted by Gasteiger charge is 2.71. The van der Waals surface area contributed by atoms with Crippen molar-refractivity contribution in [2.45, 2.75) is 33.1 Å². The zero-order valence-electron chi connectivity index (χ0n) is 11.7. The fourth-order valence-electron chi connectivity index (χ4n) is 2.24. The van der Waals surface area contributed by atoms with Crippen molar-refractivity contribution in [1.29, 1.82) is 0 Å². The SMILES string of the molecule is CC.CCOCC1(CN2CCOCC2)CC1(F)F. The zero-order valence-corrected chi connectivity index (χ0v) is 11.7. The maximum Gasteiger partial charge on any atom is 0.258 e. The molecule has 0 N–H and O–H groups in total. The minimum Gasteiger partial charge on any atom is -0.381 e. The Bertz CT molecular complexity index is 245. The van der Waals surface area contributed by atoms with Crippen LogP contribution in [0.4, 0.5) is 8.78 Å². The van der Waals surface area contributed by atoms with Gasteiger partial charge in [-0.05, 0) is 6.92 Å². The highest BCUT2D eigenvalue weighted by atomic mass is 19.3. The molecule has 0 bridgehead atoms. The molecule has 108 valence electrons. The van der Waals surface area contributed by atoms with Crippen LogP contribution in [0.5, 0.6) is 0 Å². The highest BCUT2D eigenvalue weighted by Crippen LogP contribution is 2.60. The molecule has 18 heavy (non-hydrogen) atoms.